The number of carbonyl (C=O) groups is 1. The van der Waals surface area contributed by atoms with Gasteiger partial charge in [0.15, 0.2) is 5.43 Å². The molecule has 1 aromatic rings. The molecule has 1 N–H and O–H groups in total. The van der Waals surface area contributed by atoms with Crippen LogP contribution in [0.15, 0.2) is 23.1 Å². The molecule has 2 aliphatic rings. The molecule has 3 heterocycles. The molecule has 6 heteroatoms. The zero-order valence-corrected chi connectivity index (χ0v) is 8.55. The predicted octanol–water partition coefficient (Wildman–Crippen LogP) is -0.796. The Hall–Kier alpha value is -1.82. The quantitative estimate of drug-likeness (QED) is 0.623. The van der Waals surface area contributed by atoms with Gasteiger partial charge in [0.25, 0.3) is 5.91 Å². The van der Waals surface area contributed by atoms with Crippen LogP contribution in [0, 0.1) is 0 Å². The molecule has 0 saturated carbocycles. The Bertz CT molecular complexity index is 496. The van der Waals surface area contributed by atoms with Crippen LogP contribution in [0.4, 0.5) is 0 Å². The molecule has 16 heavy (non-hydrogen) atoms. The van der Waals surface area contributed by atoms with E-state index in [-0.39, 0.29) is 17.5 Å². The molecule has 0 aliphatic carbocycles. The Morgan fingerprint density at radius 1 is 1.44 bits per heavy atom. The number of hydrogen-bond acceptors (Lipinski definition) is 4. The van der Waals surface area contributed by atoms with E-state index in [2.05, 4.69) is 5.43 Å². The molecule has 0 aromatic carbocycles. The average Bonchev–Trinajstić information content (AvgIpc) is 2.31. The molecule has 6 nitrogen and oxygen atoms in total. The summed E-state index contributed by atoms with van der Waals surface area (Å²) in [5.41, 5.74) is 3.34. The Morgan fingerprint density at radius 3 is 3.19 bits per heavy atom. The minimum absolute atomic E-state index is 0.121. The number of fused-ring (bicyclic) bond motifs is 2. The van der Waals surface area contributed by atoms with E-state index in [0.717, 1.165) is 0 Å². The molecule has 1 unspecified atom stereocenters. The fraction of sp³-hybridized carbons (Fsp3) is 0.400. The first-order chi connectivity index (χ1) is 7.75. The number of aromatic nitrogens is 1. The van der Waals surface area contributed by atoms with Gasteiger partial charge in [0, 0.05) is 24.9 Å². The van der Waals surface area contributed by atoms with Crippen LogP contribution >= 0.6 is 0 Å². The molecular formula is C10H11N3O3. The summed E-state index contributed by atoms with van der Waals surface area (Å²) in [5.74, 6) is -0.121. The molecule has 0 bridgehead atoms. The highest BCUT2D eigenvalue weighted by molar-refractivity contribution is 5.93. The van der Waals surface area contributed by atoms with E-state index in [1.807, 2.05) is 0 Å². The molecule has 0 spiro atoms. The van der Waals surface area contributed by atoms with Crippen LogP contribution in [0.3, 0.4) is 0 Å². The van der Waals surface area contributed by atoms with Gasteiger partial charge in [0.2, 0.25) is 0 Å². The highest BCUT2D eigenvalue weighted by atomic mass is 16.5. The third kappa shape index (κ3) is 1.30. The molecule has 1 atom stereocenters. The van der Waals surface area contributed by atoms with Gasteiger partial charge in [-0.05, 0) is 0 Å². The van der Waals surface area contributed by atoms with Gasteiger partial charge in [-0.1, -0.05) is 0 Å². The van der Waals surface area contributed by atoms with Crippen molar-refractivity contribution in [1.29, 1.82) is 0 Å². The second-order valence-electron chi connectivity index (χ2n) is 3.84. The van der Waals surface area contributed by atoms with Crippen molar-refractivity contribution in [2.24, 2.45) is 0 Å². The normalized spacial score (nSPS) is 23.4. The molecule has 1 aromatic heterocycles. The van der Waals surface area contributed by atoms with Gasteiger partial charge in [0.1, 0.15) is 11.9 Å². The van der Waals surface area contributed by atoms with E-state index >= 15 is 0 Å². The number of nitrogens with one attached hydrogen (secondary N) is 1. The highest BCUT2D eigenvalue weighted by Crippen LogP contribution is 2.15. The van der Waals surface area contributed by atoms with Crippen LogP contribution in [-0.4, -0.2) is 41.4 Å². The number of rotatable bonds is 0. The van der Waals surface area contributed by atoms with E-state index in [1.165, 1.54) is 12.1 Å². The average molecular weight is 221 g/mol. The van der Waals surface area contributed by atoms with Gasteiger partial charge < -0.3 is 15.1 Å². The molecule has 1 fully saturated rings. The fourth-order valence-corrected chi connectivity index (χ4v) is 2.02. The largest absolute Gasteiger partial charge is 0.375 e. The molecule has 1 saturated heterocycles. The van der Waals surface area contributed by atoms with Crippen molar-refractivity contribution in [2.45, 2.75) is 6.17 Å². The maximum Gasteiger partial charge on any atom is 0.274 e. The van der Waals surface area contributed by atoms with Gasteiger partial charge in [-0.2, -0.15) is 0 Å². The fourth-order valence-electron chi connectivity index (χ4n) is 2.02. The SMILES string of the molecule is O=C1c2cc(=O)ccn2NC2COCCN12. The number of carbonyl (C=O) groups excluding carboxylic acids is 1. The summed E-state index contributed by atoms with van der Waals surface area (Å²) < 4.78 is 6.88. The third-order valence-electron chi connectivity index (χ3n) is 2.82. The molecule has 84 valence electrons. The van der Waals surface area contributed by atoms with E-state index < -0.39 is 0 Å². The second-order valence-corrected chi connectivity index (χ2v) is 3.84. The Balaban J connectivity index is 2.06. The summed E-state index contributed by atoms with van der Waals surface area (Å²) in [5, 5.41) is 0. The lowest BCUT2D eigenvalue weighted by atomic mass is 10.2. The number of ether oxygens (including phenoxy) is 1. The smallest absolute Gasteiger partial charge is 0.274 e. The number of nitrogens with zero attached hydrogens (tertiary/aromatic N) is 2. The van der Waals surface area contributed by atoms with Crippen LogP contribution in [0.2, 0.25) is 0 Å². The monoisotopic (exact) mass is 221 g/mol. The number of amides is 1. The van der Waals surface area contributed by atoms with Crippen LogP contribution in [0.25, 0.3) is 0 Å². The summed E-state index contributed by atoms with van der Waals surface area (Å²) in [6.07, 6.45) is 1.43. The lowest BCUT2D eigenvalue weighted by Crippen LogP contribution is -2.59. The van der Waals surface area contributed by atoms with Gasteiger partial charge in [0.05, 0.1) is 13.2 Å². The molecule has 1 amide bonds. The molecule has 2 aliphatic heterocycles. The number of morpholine rings is 1. The van der Waals surface area contributed by atoms with E-state index in [4.69, 9.17) is 4.74 Å². The Labute approximate surface area is 91.4 Å². The van der Waals surface area contributed by atoms with Crippen molar-refractivity contribution in [2.75, 3.05) is 25.2 Å². The first-order valence-electron chi connectivity index (χ1n) is 5.14. The lowest BCUT2D eigenvalue weighted by molar-refractivity contribution is -0.00283. The Kier molecular flexibility index (Phi) is 1.97. The molecule has 0 radical (unpaired) electrons. The standard InChI is InChI=1S/C10H11N3O3/c14-7-1-2-13-8(5-7)10(15)12-3-4-16-6-9(12)11-13/h1-2,5,9,11H,3-4,6H2. The van der Waals surface area contributed by atoms with Gasteiger partial charge in [-0.25, -0.2) is 0 Å². The van der Waals surface area contributed by atoms with Crippen LogP contribution in [0.1, 0.15) is 10.5 Å². The topological polar surface area (TPSA) is 63.6 Å². The van der Waals surface area contributed by atoms with Gasteiger partial charge >= 0.3 is 0 Å². The zero-order valence-electron chi connectivity index (χ0n) is 8.55. The van der Waals surface area contributed by atoms with Crippen LogP contribution < -0.4 is 10.9 Å². The van der Waals surface area contributed by atoms with E-state index in [9.17, 15) is 9.59 Å². The molecular weight excluding hydrogens is 210 g/mol. The third-order valence-corrected chi connectivity index (χ3v) is 2.82. The predicted molar refractivity (Wildman–Crippen MR) is 55.7 cm³/mol. The maximum absolute atomic E-state index is 12.1. The highest BCUT2D eigenvalue weighted by Gasteiger charge is 2.33. The van der Waals surface area contributed by atoms with E-state index in [1.54, 1.807) is 15.8 Å². The summed E-state index contributed by atoms with van der Waals surface area (Å²) in [4.78, 5) is 25.0. The van der Waals surface area contributed by atoms with Gasteiger partial charge in [-0.15, -0.1) is 0 Å². The number of hydrogen-bond donors (Lipinski definition) is 1. The first kappa shape index (κ1) is 9.41. The van der Waals surface area contributed by atoms with Crippen molar-refractivity contribution in [3.8, 4) is 0 Å². The molecule has 3 rings (SSSR count). The summed E-state index contributed by atoms with van der Waals surface area (Å²) >= 11 is 0. The van der Waals surface area contributed by atoms with Crippen LogP contribution in [0.5, 0.6) is 0 Å². The first-order valence-corrected chi connectivity index (χ1v) is 5.14. The number of pyridine rings is 1. The summed E-state index contributed by atoms with van der Waals surface area (Å²) in [6, 6.07) is 2.77. The van der Waals surface area contributed by atoms with E-state index in [0.29, 0.717) is 25.5 Å². The minimum atomic E-state index is -0.159. The van der Waals surface area contributed by atoms with Crippen molar-refractivity contribution < 1.29 is 9.53 Å². The summed E-state index contributed by atoms with van der Waals surface area (Å²) in [6.45, 7) is 1.57. The van der Waals surface area contributed by atoms with Crippen molar-refractivity contribution in [3.63, 3.8) is 0 Å². The van der Waals surface area contributed by atoms with Crippen LogP contribution in [-0.2, 0) is 4.74 Å². The van der Waals surface area contributed by atoms with Crippen molar-refractivity contribution >= 4 is 5.91 Å². The second kappa shape index (κ2) is 3.34. The van der Waals surface area contributed by atoms with Gasteiger partial charge in [-0.3, -0.25) is 14.3 Å². The maximum atomic E-state index is 12.1. The lowest BCUT2D eigenvalue weighted by Gasteiger charge is -2.41. The minimum Gasteiger partial charge on any atom is -0.375 e. The summed E-state index contributed by atoms with van der Waals surface area (Å²) in [7, 11) is 0. The Morgan fingerprint density at radius 2 is 2.31 bits per heavy atom. The zero-order chi connectivity index (χ0) is 11.1. The van der Waals surface area contributed by atoms with Crippen molar-refractivity contribution in [1.82, 2.24) is 9.58 Å². The van der Waals surface area contributed by atoms with Crippen molar-refractivity contribution in [3.05, 3.63) is 34.2 Å².